The van der Waals surface area contributed by atoms with E-state index in [1.165, 1.54) is 0 Å². The summed E-state index contributed by atoms with van der Waals surface area (Å²) in [7, 11) is 1.56. The summed E-state index contributed by atoms with van der Waals surface area (Å²) in [6.45, 7) is 0. The van der Waals surface area contributed by atoms with E-state index in [4.69, 9.17) is 9.84 Å². The number of carbonyl (C=O) groups is 2. The molecule has 0 saturated carbocycles. The van der Waals surface area contributed by atoms with Gasteiger partial charge in [0.1, 0.15) is 5.75 Å². The Morgan fingerprint density at radius 1 is 1.08 bits per heavy atom. The van der Waals surface area contributed by atoms with Crippen molar-refractivity contribution < 1.29 is 19.4 Å². The van der Waals surface area contributed by atoms with Gasteiger partial charge in [-0.3, -0.25) is 9.59 Å². The Morgan fingerprint density at radius 3 is 2.33 bits per heavy atom. The summed E-state index contributed by atoms with van der Waals surface area (Å²) in [5.74, 6) is -0.441. The Bertz CT molecular complexity index is 668. The van der Waals surface area contributed by atoms with Crippen molar-refractivity contribution in [2.45, 2.75) is 25.3 Å². The smallest absolute Gasteiger partial charge is 0.305 e. The number of carbonyl (C=O) groups excluding carboxylic acids is 1. The van der Waals surface area contributed by atoms with Crippen molar-refractivity contribution in [3.63, 3.8) is 0 Å². The quantitative estimate of drug-likeness (QED) is 0.781. The zero-order chi connectivity index (χ0) is 17.4. The molecule has 0 aromatic heterocycles. The molecule has 2 aromatic carbocycles. The molecule has 1 unspecified atom stereocenters. The first kappa shape index (κ1) is 17.5. The second-order valence-electron chi connectivity index (χ2n) is 5.48. The maximum atomic E-state index is 12.2. The van der Waals surface area contributed by atoms with Gasteiger partial charge in [-0.25, -0.2) is 0 Å². The topological polar surface area (TPSA) is 75.6 Å². The van der Waals surface area contributed by atoms with Crippen molar-refractivity contribution in [3.8, 4) is 5.75 Å². The molecular weight excluding hydrogens is 306 g/mol. The van der Waals surface area contributed by atoms with Gasteiger partial charge in [-0.15, -0.1) is 0 Å². The van der Waals surface area contributed by atoms with E-state index in [9.17, 15) is 9.59 Å². The maximum absolute atomic E-state index is 12.2. The van der Waals surface area contributed by atoms with Crippen LogP contribution in [0.2, 0.25) is 0 Å². The highest BCUT2D eigenvalue weighted by molar-refractivity contribution is 5.78. The summed E-state index contributed by atoms with van der Waals surface area (Å²) in [4.78, 5) is 23.3. The van der Waals surface area contributed by atoms with Crippen molar-refractivity contribution in [2.75, 3.05) is 7.11 Å². The molecule has 126 valence electrons. The van der Waals surface area contributed by atoms with E-state index in [0.29, 0.717) is 18.6 Å². The highest BCUT2D eigenvalue weighted by Gasteiger charge is 2.18. The van der Waals surface area contributed by atoms with Crippen LogP contribution in [-0.4, -0.2) is 24.1 Å². The molecule has 2 aromatic rings. The summed E-state index contributed by atoms with van der Waals surface area (Å²) in [5, 5.41) is 11.9. The van der Waals surface area contributed by atoms with Crippen LogP contribution in [-0.2, 0) is 16.0 Å². The Kier molecular flexibility index (Phi) is 6.37. The minimum atomic E-state index is -0.959. The molecule has 0 saturated heterocycles. The normalized spacial score (nSPS) is 11.5. The second-order valence-corrected chi connectivity index (χ2v) is 5.48. The van der Waals surface area contributed by atoms with E-state index in [0.717, 1.165) is 11.1 Å². The minimum absolute atomic E-state index is 0.163. The molecule has 2 N–H and O–H groups in total. The lowest BCUT2D eigenvalue weighted by molar-refractivity contribution is -0.137. The molecule has 1 amide bonds. The molecule has 5 nitrogen and oxygen atoms in total. The fourth-order valence-electron chi connectivity index (χ4n) is 2.43. The van der Waals surface area contributed by atoms with Crippen LogP contribution in [0.5, 0.6) is 5.75 Å². The van der Waals surface area contributed by atoms with Gasteiger partial charge >= 0.3 is 5.97 Å². The molecule has 0 heterocycles. The van der Waals surface area contributed by atoms with Gasteiger partial charge < -0.3 is 15.2 Å². The zero-order valence-electron chi connectivity index (χ0n) is 13.6. The van der Waals surface area contributed by atoms with Crippen molar-refractivity contribution >= 4 is 11.9 Å². The average Bonchev–Trinajstić information content (AvgIpc) is 2.60. The van der Waals surface area contributed by atoms with Gasteiger partial charge in [0.25, 0.3) is 0 Å². The first-order chi connectivity index (χ1) is 11.6. The van der Waals surface area contributed by atoms with E-state index >= 15 is 0 Å². The number of ether oxygens (including phenoxy) is 1. The van der Waals surface area contributed by atoms with Gasteiger partial charge in [-0.1, -0.05) is 42.5 Å². The number of hydrogen-bond donors (Lipinski definition) is 2. The molecule has 1 atom stereocenters. The Hall–Kier alpha value is -2.82. The molecule has 5 heteroatoms. The molecule has 0 bridgehead atoms. The fraction of sp³-hybridized carbons (Fsp3) is 0.263. The minimum Gasteiger partial charge on any atom is -0.497 e. The fourth-order valence-corrected chi connectivity index (χ4v) is 2.43. The third-order valence-corrected chi connectivity index (χ3v) is 3.72. The first-order valence-corrected chi connectivity index (χ1v) is 7.77. The average molecular weight is 327 g/mol. The lowest BCUT2D eigenvalue weighted by atomic mass is 10.0. The van der Waals surface area contributed by atoms with Gasteiger partial charge in [0, 0.05) is 6.42 Å². The van der Waals surface area contributed by atoms with Gasteiger partial charge in [0.2, 0.25) is 5.91 Å². The van der Waals surface area contributed by atoms with Crippen molar-refractivity contribution in [2.24, 2.45) is 0 Å². The van der Waals surface area contributed by atoms with E-state index in [-0.39, 0.29) is 12.3 Å². The van der Waals surface area contributed by atoms with Crippen molar-refractivity contribution in [1.82, 2.24) is 5.32 Å². The highest BCUT2D eigenvalue weighted by atomic mass is 16.5. The van der Waals surface area contributed by atoms with Crippen molar-refractivity contribution in [1.29, 1.82) is 0 Å². The van der Waals surface area contributed by atoms with Crippen molar-refractivity contribution in [3.05, 3.63) is 65.7 Å². The van der Waals surface area contributed by atoms with Gasteiger partial charge in [-0.2, -0.15) is 0 Å². The van der Waals surface area contributed by atoms with E-state index in [2.05, 4.69) is 5.32 Å². The molecule has 0 aliphatic carbocycles. The lowest BCUT2D eigenvalue weighted by Crippen LogP contribution is -2.30. The Morgan fingerprint density at radius 2 is 1.75 bits per heavy atom. The predicted molar refractivity (Wildman–Crippen MR) is 90.9 cm³/mol. The molecule has 0 aliphatic heterocycles. The van der Waals surface area contributed by atoms with Crippen LogP contribution in [0.15, 0.2) is 54.6 Å². The number of amides is 1. The van der Waals surface area contributed by atoms with Crippen LogP contribution in [0, 0.1) is 0 Å². The number of aliphatic carboxylic acids is 1. The van der Waals surface area contributed by atoms with Crippen LogP contribution in [0.1, 0.15) is 30.0 Å². The number of carboxylic acid groups (broad SMARTS) is 1. The summed E-state index contributed by atoms with van der Waals surface area (Å²) in [5.41, 5.74) is 1.82. The van der Waals surface area contributed by atoms with Gasteiger partial charge in [0.15, 0.2) is 0 Å². The molecule has 0 aliphatic rings. The van der Waals surface area contributed by atoms with Gasteiger partial charge in [0.05, 0.1) is 19.6 Å². The van der Waals surface area contributed by atoms with E-state index in [1.54, 1.807) is 31.4 Å². The SMILES string of the molecule is COc1ccc(C(CC(=O)O)NC(=O)CCc2ccccc2)cc1. The zero-order valence-corrected chi connectivity index (χ0v) is 13.6. The molecule has 0 radical (unpaired) electrons. The first-order valence-electron chi connectivity index (χ1n) is 7.77. The number of rotatable bonds is 8. The number of benzene rings is 2. The lowest BCUT2D eigenvalue weighted by Gasteiger charge is -2.18. The maximum Gasteiger partial charge on any atom is 0.305 e. The summed E-state index contributed by atoms with van der Waals surface area (Å²) in [6.07, 6.45) is 0.773. The molecule has 24 heavy (non-hydrogen) atoms. The standard InChI is InChI=1S/C19H21NO4/c1-24-16-10-8-15(9-11-16)17(13-19(22)23)20-18(21)12-7-14-5-3-2-4-6-14/h2-6,8-11,17H,7,12-13H2,1H3,(H,20,21)(H,22,23). The Balaban J connectivity index is 1.99. The predicted octanol–water partition coefficient (Wildman–Crippen LogP) is 2.96. The number of aryl methyl sites for hydroxylation is 1. The van der Waals surface area contributed by atoms with E-state index in [1.807, 2.05) is 30.3 Å². The second kappa shape index (κ2) is 8.72. The summed E-state index contributed by atoms with van der Waals surface area (Å²) < 4.78 is 5.09. The summed E-state index contributed by atoms with van der Waals surface area (Å²) in [6, 6.07) is 16.2. The Labute approximate surface area is 141 Å². The number of carboxylic acids is 1. The number of nitrogens with one attached hydrogen (secondary N) is 1. The van der Waals surface area contributed by atoms with Gasteiger partial charge in [-0.05, 0) is 29.7 Å². The van der Waals surface area contributed by atoms with Crippen LogP contribution < -0.4 is 10.1 Å². The molecule has 0 spiro atoms. The number of methoxy groups -OCH3 is 1. The third kappa shape index (κ3) is 5.43. The van der Waals surface area contributed by atoms with Crippen LogP contribution in [0.4, 0.5) is 0 Å². The van der Waals surface area contributed by atoms with Crippen LogP contribution in [0.3, 0.4) is 0 Å². The third-order valence-electron chi connectivity index (χ3n) is 3.72. The monoisotopic (exact) mass is 327 g/mol. The molecule has 2 rings (SSSR count). The highest BCUT2D eigenvalue weighted by Crippen LogP contribution is 2.20. The van der Waals surface area contributed by atoms with Crippen LogP contribution in [0.25, 0.3) is 0 Å². The molecular formula is C19H21NO4. The largest absolute Gasteiger partial charge is 0.497 e. The molecule has 0 fully saturated rings. The number of hydrogen-bond acceptors (Lipinski definition) is 3. The van der Waals surface area contributed by atoms with Crippen LogP contribution >= 0.6 is 0 Å². The van der Waals surface area contributed by atoms with E-state index < -0.39 is 12.0 Å². The summed E-state index contributed by atoms with van der Waals surface area (Å²) >= 11 is 0.